The summed E-state index contributed by atoms with van der Waals surface area (Å²) in [4.78, 5) is 24.4. The Kier molecular flexibility index (Phi) is 6.65. The molecule has 28 heavy (non-hydrogen) atoms. The maximum absolute atomic E-state index is 12.2. The van der Waals surface area contributed by atoms with E-state index in [0.717, 1.165) is 0 Å². The van der Waals surface area contributed by atoms with Crippen molar-refractivity contribution >= 4 is 23.5 Å². The summed E-state index contributed by atoms with van der Waals surface area (Å²) in [6, 6.07) is 22.0. The Balaban J connectivity index is 1.54. The van der Waals surface area contributed by atoms with Crippen LogP contribution in [0.1, 0.15) is 20.7 Å². The Morgan fingerprint density at radius 3 is 2.25 bits per heavy atom. The summed E-state index contributed by atoms with van der Waals surface area (Å²) < 4.78 is 16.0. The normalized spacial score (nSPS) is 10.2. The standard InChI is InChI=1S/C22H17ClO5/c23-20-12-5-4-11-19(20)22(25)28-18-10-6-7-16(15-18)21(24)27-14-13-26-17-8-2-1-3-9-17/h1-12,15H,13-14H2. The zero-order chi connectivity index (χ0) is 19.8. The second kappa shape index (κ2) is 9.58. The van der Waals surface area contributed by atoms with E-state index in [0.29, 0.717) is 10.8 Å². The Morgan fingerprint density at radius 1 is 0.750 bits per heavy atom. The maximum Gasteiger partial charge on any atom is 0.345 e. The lowest BCUT2D eigenvalue weighted by atomic mass is 10.2. The number of rotatable bonds is 7. The first kappa shape index (κ1) is 19.5. The van der Waals surface area contributed by atoms with Crippen LogP contribution in [-0.4, -0.2) is 25.2 Å². The highest BCUT2D eigenvalue weighted by Gasteiger charge is 2.14. The summed E-state index contributed by atoms with van der Waals surface area (Å²) in [5.74, 6) is -0.216. The van der Waals surface area contributed by atoms with Gasteiger partial charge in [-0.05, 0) is 42.5 Å². The second-order valence-electron chi connectivity index (χ2n) is 5.69. The predicted molar refractivity (Wildman–Crippen MR) is 105 cm³/mol. The molecule has 6 heteroatoms. The average Bonchev–Trinajstić information content (AvgIpc) is 2.72. The quantitative estimate of drug-likeness (QED) is 0.326. The van der Waals surface area contributed by atoms with E-state index >= 15 is 0 Å². The van der Waals surface area contributed by atoms with Gasteiger partial charge >= 0.3 is 11.9 Å². The van der Waals surface area contributed by atoms with Crippen molar-refractivity contribution in [2.24, 2.45) is 0 Å². The Morgan fingerprint density at radius 2 is 1.46 bits per heavy atom. The maximum atomic E-state index is 12.2. The molecule has 0 fully saturated rings. The van der Waals surface area contributed by atoms with Crippen LogP contribution in [0.15, 0.2) is 78.9 Å². The number of esters is 2. The van der Waals surface area contributed by atoms with Crippen LogP contribution in [0, 0.1) is 0 Å². The van der Waals surface area contributed by atoms with Gasteiger partial charge in [-0.1, -0.05) is 48.0 Å². The number of ether oxygens (including phenoxy) is 3. The van der Waals surface area contributed by atoms with E-state index in [9.17, 15) is 9.59 Å². The molecule has 0 saturated heterocycles. The number of hydrogen-bond acceptors (Lipinski definition) is 5. The van der Waals surface area contributed by atoms with E-state index in [2.05, 4.69) is 0 Å². The molecule has 5 nitrogen and oxygen atoms in total. The molecule has 3 rings (SSSR count). The van der Waals surface area contributed by atoms with Gasteiger partial charge in [0, 0.05) is 0 Å². The SMILES string of the molecule is O=C(OCCOc1ccccc1)c1cccc(OC(=O)c2ccccc2Cl)c1. The summed E-state index contributed by atoms with van der Waals surface area (Å²) in [6.07, 6.45) is 0. The van der Waals surface area contributed by atoms with Crippen molar-refractivity contribution < 1.29 is 23.8 Å². The minimum Gasteiger partial charge on any atom is -0.490 e. The molecular formula is C22H17ClO5. The number of carbonyl (C=O) groups is 2. The smallest absolute Gasteiger partial charge is 0.345 e. The van der Waals surface area contributed by atoms with Gasteiger partial charge in [0.25, 0.3) is 0 Å². The molecule has 0 atom stereocenters. The highest BCUT2D eigenvalue weighted by molar-refractivity contribution is 6.33. The number of para-hydroxylation sites is 1. The monoisotopic (exact) mass is 396 g/mol. The molecule has 0 aliphatic rings. The van der Waals surface area contributed by atoms with Gasteiger partial charge in [-0.25, -0.2) is 9.59 Å². The van der Waals surface area contributed by atoms with E-state index < -0.39 is 11.9 Å². The molecule has 0 bridgehead atoms. The predicted octanol–water partition coefficient (Wildman–Crippen LogP) is 4.80. The fraction of sp³-hybridized carbons (Fsp3) is 0.0909. The van der Waals surface area contributed by atoms with Crippen molar-refractivity contribution in [1.82, 2.24) is 0 Å². The van der Waals surface area contributed by atoms with E-state index in [-0.39, 0.29) is 30.1 Å². The number of hydrogen-bond donors (Lipinski definition) is 0. The summed E-state index contributed by atoms with van der Waals surface area (Å²) in [5.41, 5.74) is 0.513. The van der Waals surface area contributed by atoms with Crippen molar-refractivity contribution in [1.29, 1.82) is 0 Å². The number of carbonyl (C=O) groups excluding carboxylic acids is 2. The Labute approximate surface area is 167 Å². The summed E-state index contributed by atoms with van der Waals surface area (Å²) in [6.45, 7) is 0.328. The lowest BCUT2D eigenvalue weighted by Crippen LogP contribution is -2.13. The molecular weight excluding hydrogens is 380 g/mol. The minimum absolute atomic E-state index is 0.0946. The van der Waals surface area contributed by atoms with Gasteiger partial charge in [-0.15, -0.1) is 0 Å². The van der Waals surface area contributed by atoms with Gasteiger partial charge in [-0.3, -0.25) is 0 Å². The molecule has 0 heterocycles. The van der Waals surface area contributed by atoms with E-state index in [4.69, 9.17) is 25.8 Å². The minimum atomic E-state index is -0.604. The van der Waals surface area contributed by atoms with Crippen molar-refractivity contribution in [3.63, 3.8) is 0 Å². The second-order valence-corrected chi connectivity index (χ2v) is 6.10. The molecule has 142 valence electrons. The lowest BCUT2D eigenvalue weighted by molar-refractivity contribution is 0.0449. The molecule has 0 aromatic heterocycles. The van der Waals surface area contributed by atoms with Crippen LogP contribution in [0.5, 0.6) is 11.5 Å². The van der Waals surface area contributed by atoms with Gasteiger partial charge in [0.1, 0.15) is 24.7 Å². The third kappa shape index (κ3) is 5.34. The van der Waals surface area contributed by atoms with Crippen LogP contribution in [0.2, 0.25) is 5.02 Å². The van der Waals surface area contributed by atoms with Crippen LogP contribution in [0.3, 0.4) is 0 Å². The molecule has 0 saturated carbocycles. The van der Waals surface area contributed by atoms with Crippen molar-refractivity contribution in [3.05, 3.63) is 95.0 Å². The largest absolute Gasteiger partial charge is 0.490 e. The molecule has 0 spiro atoms. The molecule has 0 radical (unpaired) electrons. The third-order valence-electron chi connectivity index (χ3n) is 3.70. The van der Waals surface area contributed by atoms with Gasteiger partial charge in [0.15, 0.2) is 0 Å². The molecule has 0 amide bonds. The fourth-order valence-corrected chi connectivity index (χ4v) is 2.58. The van der Waals surface area contributed by atoms with Crippen LogP contribution in [-0.2, 0) is 4.74 Å². The molecule has 0 aliphatic carbocycles. The number of halogens is 1. The van der Waals surface area contributed by atoms with Gasteiger partial charge < -0.3 is 14.2 Å². The van der Waals surface area contributed by atoms with E-state index in [1.165, 1.54) is 6.07 Å². The van der Waals surface area contributed by atoms with Gasteiger partial charge in [0.2, 0.25) is 0 Å². The Hall–Kier alpha value is -3.31. The first-order chi connectivity index (χ1) is 13.6. The first-order valence-electron chi connectivity index (χ1n) is 8.55. The highest BCUT2D eigenvalue weighted by atomic mass is 35.5. The fourth-order valence-electron chi connectivity index (χ4n) is 2.37. The van der Waals surface area contributed by atoms with Crippen LogP contribution >= 0.6 is 11.6 Å². The molecule has 3 aromatic rings. The van der Waals surface area contributed by atoms with Crippen LogP contribution in [0.25, 0.3) is 0 Å². The van der Waals surface area contributed by atoms with E-state index in [1.807, 2.05) is 30.3 Å². The molecule has 3 aromatic carbocycles. The summed E-state index contributed by atoms with van der Waals surface area (Å²) in [7, 11) is 0. The summed E-state index contributed by atoms with van der Waals surface area (Å²) in [5, 5.41) is 0.293. The molecule has 0 N–H and O–H groups in total. The van der Waals surface area contributed by atoms with Crippen molar-refractivity contribution in [2.75, 3.05) is 13.2 Å². The zero-order valence-electron chi connectivity index (χ0n) is 14.8. The van der Waals surface area contributed by atoms with Crippen LogP contribution in [0.4, 0.5) is 0 Å². The third-order valence-corrected chi connectivity index (χ3v) is 4.03. The van der Waals surface area contributed by atoms with E-state index in [1.54, 1.807) is 42.5 Å². The Bertz CT molecular complexity index is 956. The van der Waals surface area contributed by atoms with Crippen molar-refractivity contribution in [3.8, 4) is 11.5 Å². The summed E-state index contributed by atoms with van der Waals surface area (Å²) >= 11 is 6.00. The van der Waals surface area contributed by atoms with Gasteiger partial charge in [-0.2, -0.15) is 0 Å². The topological polar surface area (TPSA) is 61.8 Å². The highest BCUT2D eigenvalue weighted by Crippen LogP contribution is 2.20. The zero-order valence-corrected chi connectivity index (χ0v) is 15.6. The van der Waals surface area contributed by atoms with Gasteiger partial charge in [0.05, 0.1) is 16.1 Å². The van der Waals surface area contributed by atoms with Crippen molar-refractivity contribution in [2.45, 2.75) is 0 Å². The van der Waals surface area contributed by atoms with Crippen LogP contribution < -0.4 is 9.47 Å². The average molecular weight is 397 g/mol. The lowest BCUT2D eigenvalue weighted by Gasteiger charge is -2.09. The molecule has 0 unspecified atom stereocenters. The number of benzene rings is 3. The first-order valence-corrected chi connectivity index (χ1v) is 8.93. The molecule has 0 aliphatic heterocycles.